The fourth-order valence-corrected chi connectivity index (χ4v) is 3.01. The molecule has 0 aliphatic carbocycles. The van der Waals surface area contributed by atoms with E-state index >= 15 is 0 Å². The Morgan fingerprint density at radius 1 is 1.14 bits per heavy atom. The average Bonchev–Trinajstić information content (AvgIpc) is 2.61. The molecule has 1 aliphatic heterocycles. The number of likely N-dealkylation sites (N-methyl/N-ethyl adjacent to an activating group) is 1. The predicted molar refractivity (Wildman–Crippen MR) is 87.8 cm³/mol. The molecule has 5 nitrogen and oxygen atoms in total. The molecule has 1 unspecified atom stereocenters. The standard InChI is InChI=1S/C17H23N5/c1-21(17-19-10-5-11-20-17)16-7-4-12-22(14-16)13-8-15-6-2-3-9-18-15/h2-3,5-6,9-11,16H,4,7-8,12-14H2,1H3. The van der Waals surface area contributed by atoms with Gasteiger partial charge in [-0.05, 0) is 37.6 Å². The predicted octanol–water partition coefficient (Wildman–Crippen LogP) is 2.01. The minimum Gasteiger partial charge on any atom is -0.340 e. The second-order valence-corrected chi connectivity index (χ2v) is 5.83. The minimum atomic E-state index is 0.486. The van der Waals surface area contributed by atoms with Gasteiger partial charge in [0.15, 0.2) is 0 Å². The van der Waals surface area contributed by atoms with E-state index in [2.05, 4.69) is 43.9 Å². The fraction of sp³-hybridized carbons (Fsp3) is 0.471. The van der Waals surface area contributed by atoms with Crippen LogP contribution in [0.5, 0.6) is 0 Å². The van der Waals surface area contributed by atoms with Crippen molar-refractivity contribution in [2.75, 3.05) is 31.6 Å². The zero-order valence-electron chi connectivity index (χ0n) is 13.1. The SMILES string of the molecule is CN(c1ncccn1)C1CCCN(CCc2ccccn2)C1. The van der Waals surface area contributed by atoms with Crippen LogP contribution in [0.4, 0.5) is 5.95 Å². The van der Waals surface area contributed by atoms with E-state index in [1.807, 2.05) is 18.3 Å². The van der Waals surface area contributed by atoms with E-state index in [4.69, 9.17) is 0 Å². The summed E-state index contributed by atoms with van der Waals surface area (Å²) in [5.41, 5.74) is 1.17. The number of hydrogen-bond donors (Lipinski definition) is 0. The lowest BCUT2D eigenvalue weighted by Crippen LogP contribution is -2.47. The Morgan fingerprint density at radius 2 is 1.95 bits per heavy atom. The number of anilines is 1. The molecule has 5 heteroatoms. The third-order valence-corrected chi connectivity index (χ3v) is 4.31. The molecule has 1 fully saturated rings. The van der Waals surface area contributed by atoms with E-state index in [9.17, 15) is 0 Å². The highest BCUT2D eigenvalue weighted by atomic mass is 15.3. The van der Waals surface area contributed by atoms with Crippen LogP contribution in [0, 0.1) is 0 Å². The molecule has 3 rings (SSSR count). The van der Waals surface area contributed by atoms with Gasteiger partial charge in [-0.2, -0.15) is 0 Å². The zero-order valence-corrected chi connectivity index (χ0v) is 13.1. The summed E-state index contributed by atoms with van der Waals surface area (Å²) in [5.74, 6) is 0.819. The number of piperidine rings is 1. The number of pyridine rings is 1. The van der Waals surface area contributed by atoms with Crippen LogP contribution in [0.2, 0.25) is 0 Å². The van der Waals surface area contributed by atoms with Gasteiger partial charge in [0.05, 0.1) is 0 Å². The number of hydrogen-bond acceptors (Lipinski definition) is 5. The molecule has 116 valence electrons. The lowest BCUT2D eigenvalue weighted by atomic mass is 10.0. The smallest absolute Gasteiger partial charge is 0.225 e. The zero-order chi connectivity index (χ0) is 15.2. The first-order valence-corrected chi connectivity index (χ1v) is 7.95. The van der Waals surface area contributed by atoms with Crippen LogP contribution in [-0.2, 0) is 6.42 Å². The van der Waals surface area contributed by atoms with Crippen molar-refractivity contribution in [2.45, 2.75) is 25.3 Å². The molecular weight excluding hydrogens is 274 g/mol. The molecular formula is C17H23N5. The lowest BCUT2D eigenvalue weighted by molar-refractivity contribution is 0.207. The molecule has 0 amide bonds. The van der Waals surface area contributed by atoms with Crippen molar-refractivity contribution in [1.82, 2.24) is 19.9 Å². The molecule has 0 spiro atoms. The molecule has 1 aliphatic rings. The van der Waals surface area contributed by atoms with Crippen molar-refractivity contribution in [2.24, 2.45) is 0 Å². The van der Waals surface area contributed by atoms with Crippen LogP contribution in [0.3, 0.4) is 0 Å². The first kappa shape index (κ1) is 14.9. The normalized spacial score (nSPS) is 19.0. The maximum Gasteiger partial charge on any atom is 0.225 e. The summed E-state index contributed by atoms with van der Waals surface area (Å²) < 4.78 is 0. The van der Waals surface area contributed by atoms with Crippen molar-refractivity contribution >= 4 is 5.95 Å². The summed E-state index contributed by atoms with van der Waals surface area (Å²) in [5, 5.41) is 0. The third kappa shape index (κ3) is 3.80. The Hall–Kier alpha value is -2.01. The summed E-state index contributed by atoms with van der Waals surface area (Å²) in [6.45, 7) is 3.31. The first-order valence-electron chi connectivity index (χ1n) is 7.95. The van der Waals surface area contributed by atoms with Crippen molar-refractivity contribution in [1.29, 1.82) is 0 Å². The molecule has 0 N–H and O–H groups in total. The number of aromatic nitrogens is 3. The topological polar surface area (TPSA) is 45.2 Å². The largest absolute Gasteiger partial charge is 0.340 e. The van der Waals surface area contributed by atoms with E-state index in [-0.39, 0.29) is 0 Å². The van der Waals surface area contributed by atoms with Crippen LogP contribution in [0.15, 0.2) is 42.9 Å². The van der Waals surface area contributed by atoms with E-state index in [0.29, 0.717) is 6.04 Å². The Kier molecular flexibility index (Phi) is 4.96. The average molecular weight is 297 g/mol. The molecule has 22 heavy (non-hydrogen) atoms. The van der Waals surface area contributed by atoms with Gasteiger partial charge < -0.3 is 9.80 Å². The summed E-state index contributed by atoms with van der Waals surface area (Å²) in [6.07, 6.45) is 8.92. The van der Waals surface area contributed by atoms with Gasteiger partial charge >= 0.3 is 0 Å². The third-order valence-electron chi connectivity index (χ3n) is 4.31. The second-order valence-electron chi connectivity index (χ2n) is 5.83. The molecule has 2 aromatic rings. The van der Waals surface area contributed by atoms with Crippen molar-refractivity contribution in [3.8, 4) is 0 Å². The van der Waals surface area contributed by atoms with E-state index in [0.717, 1.165) is 25.5 Å². The highest BCUT2D eigenvalue weighted by Crippen LogP contribution is 2.18. The Morgan fingerprint density at radius 3 is 2.73 bits per heavy atom. The molecule has 3 heterocycles. The van der Waals surface area contributed by atoms with Crippen molar-refractivity contribution in [3.63, 3.8) is 0 Å². The van der Waals surface area contributed by atoms with Gasteiger partial charge in [-0.25, -0.2) is 9.97 Å². The Balaban J connectivity index is 1.55. The first-order chi connectivity index (χ1) is 10.8. The minimum absolute atomic E-state index is 0.486. The van der Waals surface area contributed by atoms with Crippen LogP contribution in [0.1, 0.15) is 18.5 Å². The van der Waals surface area contributed by atoms with Crippen molar-refractivity contribution < 1.29 is 0 Å². The van der Waals surface area contributed by atoms with Gasteiger partial charge in [0.1, 0.15) is 0 Å². The summed E-state index contributed by atoms with van der Waals surface area (Å²) >= 11 is 0. The van der Waals surface area contributed by atoms with Gasteiger partial charge in [0.25, 0.3) is 0 Å². The van der Waals surface area contributed by atoms with E-state index < -0.39 is 0 Å². The number of nitrogens with zero attached hydrogens (tertiary/aromatic N) is 5. The van der Waals surface area contributed by atoms with Crippen LogP contribution >= 0.6 is 0 Å². The van der Waals surface area contributed by atoms with Crippen LogP contribution in [0.25, 0.3) is 0 Å². The van der Waals surface area contributed by atoms with Gasteiger partial charge in [-0.15, -0.1) is 0 Å². The van der Waals surface area contributed by atoms with Crippen molar-refractivity contribution in [3.05, 3.63) is 48.5 Å². The van der Waals surface area contributed by atoms with E-state index in [1.165, 1.54) is 25.1 Å². The number of likely N-dealkylation sites (tertiary alicyclic amines) is 1. The summed E-state index contributed by atoms with van der Waals surface area (Å²) in [6, 6.07) is 8.47. The summed E-state index contributed by atoms with van der Waals surface area (Å²) in [4.78, 5) is 17.9. The fourth-order valence-electron chi connectivity index (χ4n) is 3.01. The Bertz CT molecular complexity index is 560. The molecule has 1 atom stereocenters. The number of rotatable bonds is 5. The Labute approximate surface area is 132 Å². The lowest BCUT2D eigenvalue weighted by Gasteiger charge is -2.37. The molecule has 0 radical (unpaired) electrons. The molecule has 0 bridgehead atoms. The molecule has 2 aromatic heterocycles. The summed E-state index contributed by atoms with van der Waals surface area (Å²) in [7, 11) is 2.10. The maximum atomic E-state index is 4.41. The molecule has 0 saturated carbocycles. The quantitative estimate of drug-likeness (QED) is 0.845. The van der Waals surface area contributed by atoms with Gasteiger partial charge in [-0.1, -0.05) is 6.07 Å². The maximum absolute atomic E-state index is 4.41. The van der Waals surface area contributed by atoms with Crippen LogP contribution < -0.4 is 4.90 Å². The highest BCUT2D eigenvalue weighted by Gasteiger charge is 2.24. The van der Waals surface area contributed by atoms with Crippen LogP contribution in [-0.4, -0.2) is 52.6 Å². The molecule has 1 saturated heterocycles. The molecule has 0 aromatic carbocycles. The van der Waals surface area contributed by atoms with E-state index in [1.54, 1.807) is 12.4 Å². The van der Waals surface area contributed by atoms with Gasteiger partial charge in [0, 0.05) is 56.9 Å². The van der Waals surface area contributed by atoms with Gasteiger partial charge in [0.2, 0.25) is 5.95 Å². The van der Waals surface area contributed by atoms with Gasteiger partial charge in [-0.3, -0.25) is 4.98 Å². The second kappa shape index (κ2) is 7.31. The highest BCUT2D eigenvalue weighted by molar-refractivity contribution is 5.29. The monoisotopic (exact) mass is 297 g/mol.